The normalized spacial score (nSPS) is 16.2. The van der Waals surface area contributed by atoms with E-state index in [1.807, 2.05) is 109 Å². The number of nitrogens with two attached hydrogens (primary N) is 1. The summed E-state index contributed by atoms with van der Waals surface area (Å²) in [6, 6.07) is 43.3. The van der Waals surface area contributed by atoms with E-state index in [0.717, 1.165) is 49.0 Å². The zero-order chi connectivity index (χ0) is 51.2. The molecular weight excluding hydrogens is 940 g/mol. The van der Waals surface area contributed by atoms with Gasteiger partial charge in [0.1, 0.15) is 41.9 Å². The number of carbonyl (C=O) groups is 1. The smallest absolute Gasteiger partial charge is 0.351 e. The van der Waals surface area contributed by atoms with Gasteiger partial charge in [0.15, 0.2) is 6.29 Å². The number of methoxy groups -OCH3 is 2. The van der Waals surface area contributed by atoms with Crippen molar-refractivity contribution in [3.8, 4) is 23.3 Å². The van der Waals surface area contributed by atoms with Crippen molar-refractivity contribution in [1.82, 2.24) is 19.5 Å². The van der Waals surface area contributed by atoms with Gasteiger partial charge in [0.2, 0.25) is 6.54 Å². The highest BCUT2D eigenvalue weighted by Crippen LogP contribution is 2.52. The van der Waals surface area contributed by atoms with Crippen molar-refractivity contribution in [3.05, 3.63) is 189 Å². The van der Waals surface area contributed by atoms with Crippen molar-refractivity contribution < 1.29 is 32.8 Å². The van der Waals surface area contributed by atoms with Gasteiger partial charge in [-0.2, -0.15) is 4.98 Å². The van der Waals surface area contributed by atoms with Crippen molar-refractivity contribution in [2.24, 2.45) is 0 Å². The van der Waals surface area contributed by atoms with Gasteiger partial charge in [-0.3, -0.25) is 9.36 Å². The monoisotopic (exact) mass is 996 g/mol. The summed E-state index contributed by atoms with van der Waals surface area (Å²) in [5.74, 6) is 7.01. The number of nitrogen functional groups attached to an aromatic ring is 1. The van der Waals surface area contributed by atoms with Gasteiger partial charge in [0.05, 0.1) is 26.3 Å². The van der Waals surface area contributed by atoms with E-state index >= 15 is 0 Å². The second kappa shape index (κ2) is 22.2. The standard InChI is InChI=1S/C58H57N6O8P/c1-37(2)64(38(3)4)73(69-34-33-60-5)72-50-35-51(70-56(50)71-58(43-16-9-8-10-17-43,44-22-26-46(67-6)27-23-44)45-24-28-47(68-7)29-25-45)63-36-42(54(59)62-57(63)66)15-12-32-61-55(65)49-31-21-41-19-18-39-13-11-14-40-20-30-48(49)53(41)52(39)40/h8-11,13-14,16-31,36-38,50-51,56H,32-35H2,1-4,6-7H3,(H,61,65)(H2,59,62,66)/t50-,51-,56+,73?/m1/s1. The van der Waals surface area contributed by atoms with E-state index in [1.54, 1.807) is 14.2 Å². The van der Waals surface area contributed by atoms with E-state index in [-0.39, 0.29) is 55.5 Å². The Morgan fingerprint density at radius 1 is 0.849 bits per heavy atom. The fourth-order valence-corrected chi connectivity index (χ4v) is 11.4. The number of hydrogen-bond acceptors (Lipinski definition) is 11. The quantitative estimate of drug-likeness (QED) is 0.0211. The molecule has 4 atom stereocenters. The molecule has 0 spiro atoms. The summed E-state index contributed by atoms with van der Waals surface area (Å²) in [4.78, 5) is 35.5. The second-order valence-electron chi connectivity index (χ2n) is 18.2. The molecule has 8 aromatic rings. The zero-order valence-corrected chi connectivity index (χ0v) is 42.5. The van der Waals surface area contributed by atoms with Crippen LogP contribution < -0.4 is 26.2 Å². The first-order valence-electron chi connectivity index (χ1n) is 24.2. The Labute approximate surface area is 426 Å². The van der Waals surface area contributed by atoms with Gasteiger partial charge in [-0.1, -0.05) is 115 Å². The maximum Gasteiger partial charge on any atom is 0.351 e. The molecule has 1 aliphatic heterocycles. The number of nitrogens with one attached hydrogen (secondary N) is 1. The van der Waals surface area contributed by atoms with Crippen LogP contribution in [0.25, 0.3) is 37.2 Å². The Balaban J connectivity index is 1.07. The van der Waals surface area contributed by atoms with Gasteiger partial charge in [-0.15, -0.1) is 0 Å². The molecule has 1 amide bonds. The minimum Gasteiger partial charge on any atom is -0.497 e. The molecule has 0 aliphatic carbocycles. The highest BCUT2D eigenvalue weighted by molar-refractivity contribution is 7.44. The summed E-state index contributed by atoms with van der Waals surface area (Å²) in [5, 5.41) is 9.24. The number of carbonyl (C=O) groups excluding carboxylic acids is 1. The Hall–Kier alpha value is -7.39. The van der Waals surface area contributed by atoms with Gasteiger partial charge >= 0.3 is 5.69 Å². The van der Waals surface area contributed by atoms with Crippen molar-refractivity contribution in [2.45, 2.75) is 70.4 Å². The molecule has 1 unspecified atom stereocenters. The first-order chi connectivity index (χ1) is 35.4. The van der Waals surface area contributed by atoms with Gasteiger partial charge in [-0.05, 0) is 107 Å². The molecule has 1 aromatic heterocycles. The molecule has 0 radical (unpaired) electrons. The maximum atomic E-state index is 14.0. The van der Waals surface area contributed by atoms with E-state index in [0.29, 0.717) is 17.1 Å². The van der Waals surface area contributed by atoms with Crippen LogP contribution in [-0.4, -0.2) is 78.5 Å². The first kappa shape index (κ1) is 50.5. The molecule has 3 N–H and O–H groups in total. The molecule has 2 heterocycles. The van der Waals surface area contributed by atoms with Crippen LogP contribution >= 0.6 is 8.53 Å². The number of aromatic nitrogens is 2. The Morgan fingerprint density at radius 2 is 1.45 bits per heavy atom. The van der Waals surface area contributed by atoms with Crippen molar-refractivity contribution in [2.75, 3.05) is 39.6 Å². The van der Waals surface area contributed by atoms with Crippen LogP contribution in [0, 0.1) is 18.4 Å². The van der Waals surface area contributed by atoms with Crippen LogP contribution in [0.15, 0.2) is 144 Å². The van der Waals surface area contributed by atoms with Crippen molar-refractivity contribution in [1.29, 1.82) is 0 Å². The van der Waals surface area contributed by atoms with Gasteiger partial charge in [0, 0.05) is 30.3 Å². The lowest BCUT2D eigenvalue weighted by molar-refractivity contribution is -0.214. The van der Waals surface area contributed by atoms with Crippen LogP contribution in [0.1, 0.15) is 73.0 Å². The molecule has 1 saturated heterocycles. The van der Waals surface area contributed by atoms with Crippen LogP contribution in [0.5, 0.6) is 11.5 Å². The average Bonchev–Trinajstić information content (AvgIpc) is 3.80. The van der Waals surface area contributed by atoms with E-state index < -0.39 is 38.4 Å². The summed E-state index contributed by atoms with van der Waals surface area (Å²) in [7, 11) is 1.41. The van der Waals surface area contributed by atoms with Crippen LogP contribution in [-0.2, 0) is 24.1 Å². The average molecular weight is 997 g/mol. The lowest BCUT2D eigenvalue weighted by Gasteiger charge is -2.40. The van der Waals surface area contributed by atoms with Crippen molar-refractivity contribution in [3.63, 3.8) is 0 Å². The fourth-order valence-electron chi connectivity index (χ4n) is 9.67. The van der Waals surface area contributed by atoms with Gasteiger partial charge in [0.25, 0.3) is 14.4 Å². The minimum atomic E-state index is -1.81. The van der Waals surface area contributed by atoms with E-state index in [2.05, 4.69) is 83.6 Å². The Bertz CT molecular complexity index is 3320. The Kier molecular flexibility index (Phi) is 15.3. The van der Waals surface area contributed by atoms with Crippen LogP contribution in [0.2, 0.25) is 0 Å². The fraction of sp³-hybridized carbons (Fsp3) is 0.276. The molecule has 73 heavy (non-hydrogen) atoms. The molecule has 1 aliphatic rings. The lowest BCUT2D eigenvalue weighted by atomic mass is 9.80. The number of rotatable bonds is 18. The predicted molar refractivity (Wildman–Crippen MR) is 286 cm³/mol. The summed E-state index contributed by atoms with van der Waals surface area (Å²) >= 11 is 0. The van der Waals surface area contributed by atoms with E-state index in [4.69, 9.17) is 40.3 Å². The third kappa shape index (κ3) is 10.3. The Morgan fingerprint density at radius 3 is 2.07 bits per heavy atom. The maximum absolute atomic E-state index is 14.0. The van der Waals surface area contributed by atoms with Crippen LogP contribution in [0.3, 0.4) is 0 Å². The third-order valence-electron chi connectivity index (χ3n) is 13.0. The molecule has 0 saturated carbocycles. The topological polar surface area (TPSA) is 153 Å². The third-order valence-corrected chi connectivity index (χ3v) is 15.2. The molecule has 9 rings (SSSR count). The van der Waals surface area contributed by atoms with Crippen molar-refractivity contribution >= 4 is 52.6 Å². The summed E-state index contributed by atoms with van der Waals surface area (Å²) in [6.45, 7) is 16.0. The molecule has 1 fully saturated rings. The molecular formula is C58H57N6O8P. The number of anilines is 1. The molecule has 7 aromatic carbocycles. The number of amides is 1. The molecule has 15 heteroatoms. The second-order valence-corrected chi connectivity index (χ2v) is 19.6. The van der Waals surface area contributed by atoms with Gasteiger partial charge in [-0.25, -0.2) is 16.0 Å². The first-order valence-corrected chi connectivity index (χ1v) is 25.3. The largest absolute Gasteiger partial charge is 0.497 e. The number of benzene rings is 7. The predicted octanol–water partition coefficient (Wildman–Crippen LogP) is 10.4. The molecule has 14 nitrogen and oxygen atoms in total. The zero-order valence-electron chi connectivity index (χ0n) is 41.6. The summed E-state index contributed by atoms with van der Waals surface area (Å²) in [6.07, 6.45) is -1.36. The lowest BCUT2D eigenvalue weighted by Crippen LogP contribution is -2.42. The minimum absolute atomic E-state index is 0.00534. The SMILES string of the molecule is [C-]#[N+]CCOP(O[C@@H]1C[C@H](n2cc(C#CCNC(=O)c3ccc4ccc5cccc6ccc3c4c56)c(N)nc2=O)O[C@H]1OC(c1ccccc1)(c1ccc(OC)cc1)c1ccc(OC)cc1)N(C(C)C)C(C)C. The number of nitrogens with zero attached hydrogens (tertiary/aromatic N) is 4. The number of ether oxygens (including phenoxy) is 4. The summed E-state index contributed by atoms with van der Waals surface area (Å²) in [5.41, 5.74) is 7.46. The van der Waals surface area contributed by atoms with Gasteiger partial charge < -0.3 is 43.9 Å². The highest BCUT2D eigenvalue weighted by Gasteiger charge is 2.49. The highest BCUT2D eigenvalue weighted by atomic mass is 31.2. The summed E-state index contributed by atoms with van der Waals surface area (Å²) < 4.78 is 42.6. The number of hydrogen-bond donors (Lipinski definition) is 2. The van der Waals surface area contributed by atoms with E-state index in [1.165, 1.54) is 10.8 Å². The molecule has 372 valence electrons. The molecule has 0 bridgehead atoms. The van der Waals surface area contributed by atoms with Crippen LogP contribution in [0.4, 0.5) is 5.82 Å². The van der Waals surface area contributed by atoms with E-state index in [9.17, 15) is 9.59 Å².